The molecule has 0 aromatic heterocycles. The number of hydrogen-bond acceptors (Lipinski definition) is 10. The smallest absolute Gasteiger partial charge is 0.173 e. The number of aromatic hydroxyl groups is 2. The number of aliphatic hydroxyl groups excluding tert-OH is 5. The highest BCUT2D eigenvalue weighted by molar-refractivity contribution is 6.22. The molecular weight excluding hydrogens is 412 g/mol. The quantitative estimate of drug-likeness (QED) is 0.279. The Kier molecular flexibility index (Phi) is 5.95. The zero-order chi connectivity index (χ0) is 22.4. The molecule has 170 valence electrons. The Hall–Kier alpha value is -2.21. The first-order chi connectivity index (χ1) is 14.7. The van der Waals surface area contributed by atoms with Crippen molar-refractivity contribution >= 4 is 11.4 Å². The number of allylic oxidation sites excluding steroid dienone is 1. The lowest BCUT2D eigenvalue weighted by Gasteiger charge is -2.49. The van der Waals surface area contributed by atoms with Gasteiger partial charge in [-0.05, 0) is 30.5 Å². The normalized spacial score (nSPS) is 40.6. The van der Waals surface area contributed by atoms with Gasteiger partial charge in [-0.25, -0.2) is 0 Å². The van der Waals surface area contributed by atoms with Crippen LogP contribution in [0.5, 0.6) is 11.5 Å². The first-order valence-electron chi connectivity index (χ1n) is 10.1. The van der Waals surface area contributed by atoms with E-state index in [1.165, 1.54) is 24.5 Å². The van der Waals surface area contributed by atoms with Gasteiger partial charge in [0.15, 0.2) is 17.3 Å². The van der Waals surface area contributed by atoms with Gasteiger partial charge in [0.05, 0.1) is 42.5 Å². The predicted molar refractivity (Wildman–Crippen MR) is 104 cm³/mol. The van der Waals surface area contributed by atoms with E-state index in [1.807, 2.05) is 0 Å². The van der Waals surface area contributed by atoms with Gasteiger partial charge < -0.3 is 45.2 Å². The number of fused-ring (bicyclic) bond motifs is 1. The zero-order valence-corrected chi connectivity index (χ0v) is 16.5. The lowest BCUT2D eigenvalue weighted by Crippen LogP contribution is -2.65. The Morgan fingerprint density at radius 2 is 1.68 bits per heavy atom. The summed E-state index contributed by atoms with van der Waals surface area (Å²) in [5.74, 6) is -2.58. The van der Waals surface area contributed by atoms with Crippen LogP contribution in [0.3, 0.4) is 0 Å². The van der Waals surface area contributed by atoms with Gasteiger partial charge in [0, 0.05) is 0 Å². The van der Waals surface area contributed by atoms with Crippen LogP contribution in [0.4, 0.5) is 0 Å². The molecule has 2 heterocycles. The number of hydrogen-bond donors (Lipinski definition) is 7. The van der Waals surface area contributed by atoms with Crippen molar-refractivity contribution in [2.45, 2.75) is 55.6 Å². The zero-order valence-electron chi connectivity index (χ0n) is 16.5. The molecule has 0 radical (unpaired) electrons. The second-order valence-electron chi connectivity index (χ2n) is 8.32. The summed E-state index contributed by atoms with van der Waals surface area (Å²) < 4.78 is 11.4. The topological polar surface area (TPSA) is 177 Å². The predicted octanol–water partition coefficient (Wildman–Crippen LogP) is -1.36. The van der Waals surface area contributed by atoms with Gasteiger partial charge in [0.25, 0.3) is 0 Å². The molecule has 2 fully saturated rings. The van der Waals surface area contributed by atoms with Gasteiger partial charge in [-0.3, -0.25) is 4.79 Å². The number of rotatable bonds is 3. The van der Waals surface area contributed by atoms with Crippen LogP contribution < -0.4 is 0 Å². The minimum absolute atomic E-state index is 0.195. The maximum absolute atomic E-state index is 13.2. The molecule has 7 N–H and O–H groups in total. The molecular formula is C21H26O10. The molecule has 10 heteroatoms. The van der Waals surface area contributed by atoms with Crippen LogP contribution >= 0.6 is 0 Å². The summed E-state index contributed by atoms with van der Waals surface area (Å²) in [6.45, 7) is -0.605. The summed E-state index contributed by atoms with van der Waals surface area (Å²) in [7, 11) is 0. The minimum atomic E-state index is -1.60. The fourth-order valence-electron chi connectivity index (χ4n) is 4.82. The molecule has 0 amide bonds. The van der Waals surface area contributed by atoms with Gasteiger partial charge in [0.1, 0.15) is 30.5 Å². The average molecular weight is 438 g/mol. The molecule has 0 spiro atoms. The fourth-order valence-corrected chi connectivity index (χ4v) is 4.82. The van der Waals surface area contributed by atoms with Crippen molar-refractivity contribution in [3.63, 3.8) is 0 Å². The first kappa shape index (κ1) is 22.0. The Morgan fingerprint density at radius 3 is 2.35 bits per heavy atom. The van der Waals surface area contributed by atoms with Crippen LogP contribution in [0.25, 0.3) is 5.57 Å². The first-order valence-corrected chi connectivity index (χ1v) is 10.1. The van der Waals surface area contributed by atoms with Crippen LogP contribution in [-0.2, 0) is 14.3 Å². The number of benzene rings is 1. The highest BCUT2D eigenvalue weighted by atomic mass is 16.5. The third-order valence-corrected chi connectivity index (χ3v) is 6.53. The number of phenols is 2. The van der Waals surface area contributed by atoms with Gasteiger partial charge in [0.2, 0.25) is 0 Å². The van der Waals surface area contributed by atoms with Crippen molar-refractivity contribution in [2.24, 2.45) is 11.8 Å². The minimum Gasteiger partial charge on any atom is -0.504 e. The third-order valence-electron chi connectivity index (χ3n) is 6.53. The van der Waals surface area contributed by atoms with E-state index in [0.717, 1.165) is 0 Å². The van der Waals surface area contributed by atoms with E-state index in [1.54, 1.807) is 0 Å². The van der Waals surface area contributed by atoms with Crippen molar-refractivity contribution in [3.05, 3.63) is 30.0 Å². The van der Waals surface area contributed by atoms with Crippen LogP contribution in [0, 0.1) is 11.8 Å². The molecule has 9 atom stereocenters. The maximum Gasteiger partial charge on any atom is 0.173 e. The van der Waals surface area contributed by atoms with Crippen molar-refractivity contribution in [1.82, 2.24) is 0 Å². The van der Waals surface area contributed by atoms with E-state index < -0.39 is 61.2 Å². The van der Waals surface area contributed by atoms with E-state index in [0.29, 0.717) is 12.0 Å². The molecule has 10 nitrogen and oxygen atoms in total. The summed E-state index contributed by atoms with van der Waals surface area (Å²) in [6, 6.07) is 3.97. The summed E-state index contributed by atoms with van der Waals surface area (Å²) in [6.07, 6.45) is -7.16. The van der Waals surface area contributed by atoms with E-state index in [-0.39, 0.29) is 29.3 Å². The number of ketones is 1. The second kappa shape index (κ2) is 8.38. The molecule has 3 aliphatic rings. The Balaban J connectivity index is 1.64. The fraction of sp³-hybridized carbons (Fsp3) is 0.571. The molecule has 31 heavy (non-hydrogen) atoms. The summed E-state index contributed by atoms with van der Waals surface area (Å²) >= 11 is 0. The number of Topliss-reactive ketones (excluding diaryl/α,β-unsaturated/α-hetero) is 1. The van der Waals surface area contributed by atoms with Crippen LogP contribution in [0.1, 0.15) is 18.4 Å². The monoisotopic (exact) mass is 438 g/mol. The Morgan fingerprint density at radius 1 is 0.935 bits per heavy atom. The third kappa shape index (κ3) is 3.69. The van der Waals surface area contributed by atoms with Gasteiger partial charge in [-0.15, -0.1) is 0 Å². The number of ether oxygens (including phenoxy) is 2. The highest BCUT2D eigenvalue weighted by Gasteiger charge is 2.55. The lowest BCUT2D eigenvalue weighted by atomic mass is 9.68. The van der Waals surface area contributed by atoms with Gasteiger partial charge in [-0.2, -0.15) is 0 Å². The molecule has 1 saturated heterocycles. The number of carbonyl (C=O) groups is 1. The number of aliphatic hydroxyl groups is 5. The van der Waals surface area contributed by atoms with E-state index in [9.17, 15) is 40.5 Å². The Bertz CT molecular complexity index is 868. The van der Waals surface area contributed by atoms with Crippen molar-refractivity contribution in [3.8, 4) is 11.5 Å². The van der Waals surface area contributed by atoms with Crippen LogP contribution in [0.2, 0.25) is 0 Å². The van der Waals surface area contributed by atoms with Crippen LogP contribution in [0.15, 0.2) is 24.5 Å². The number of carbonyl (C=O) groups excluding carboxylic acids is 1. The maximum atomic E-state index is 13.2. The summed E-state index contributed by atoms with van der Waals surface area (Å²) in [5, 5.41) is 70.0. The SMILES string of the molecule is O=C1C(c2ccc(O)c(O)c2)=COC2C1CCC(O)C2[C@@H]1O[C@H](CO)[C@@H](O)[C@H](O)[C@H]1O. The standard InChI is InChI=1S/C21H26O10/c22-6-14-17(27)18(28)19(29)21(31-14)15-12(24)4-2-9-16(26)10(7-30-20(9)15)8-1-3-11(23)13(25)5-8/h1,3,5,7,9,12,14-15,17-25,27-29H,2,4,6H2/t9?,12?,14-,15?,17-,18+,19-,20?,21+/m1/s1. The van der Waals surface area contributed by atoms with Gasteiger partial charge >= 0.3 is 0 Å². The van der Waals surface area contributed by atoms with Crippen molar-refractivity contribution < 1.29 is 50.0 Å². The lowest BCUT2D eigenvalue weighted by molar-refractivity contribution is -0.262. The molecule has 1 aliphatic carbocycles. The van der Waals surface area contributed by atoms with E-state index in [4.69, 9.17) is 9.47 Å². The molecule has 2 aliphatic heterocycles. The van der Waals surface area contributed by atoms with Crippen molar-refractivity contribution in [2.75, 3.05) is 6.61 Å². The van der Waals surface area contributed by atoms with E-state index >= 15 is 0 Å². The van der Waals surface area contributed by atoms with E-state index in [2.05, 4.69) is 0 Å². The second-order valence-corrected chi connectivity index (χ2v) is 8.32. The summed E-state index contributed by atoms with van der Waals surface area (Å²) in [4.78, 5) is 13.2. The molecule has 4 rings (SSSR count). The summed E-state index contributed by atoms with van der Waals surface area (Å²) in [5.41, 5.74) is 0.551. The van der Waals surface area contributed by atoms with Gasteiger partial charge in [-0.1, -0.05) is 6.07 Å². The molecule has 1 aromatic carbocycles. The van der Waals surface area contributed by atoms with Crippen LogP contribution in [-0.4, -0.2) is 90.9 Å². The Labute approximate surface area is 177 Å². The molecule has 1 aromatic rings. The number of phenolic OH excluding ortho intramolecular Hbond substituents is 2. The average Bonchev–Trinajstić information content (AvgIpc) is 2.75. The molecule has 4 unspecified atom stereocenters. The largest absolute Gasteiger partial charge is 0.504 e. The molecule has 1 saturated carbocycles. The highest BCUT2D eigenvalue weighted by Crippen LogP contribution is 2.44. The van der Waals surface area contributed by atoms with Crippen molar-refractivity contribution in [1.29, 1.82) is 0 Å². The molecule has 0 bridgehead atoms.